The Morgan fingerprint density at radius 1 is 1.15 bits per heavy atom. The zero-order valence-corrected chi connectivity index (χ0v) is 18.6. The van der Waals surface area contributed by atoms with Gasteiger partial charge in [0.25, 0.3) is 5.91 Å². The number of ether oxygens (including phenoxy) is 3. The van der Waals surface area contributed by atoms with E-state index in [1.807, 2.05) is 18.2 Å². The van der Waals surface area contributed by atoms with Gasteiger partial charge in [-0.05, 0) is 36.4 Å². The van der Waals surface area contributed by atoms with E-state index in [-0.39, 0.29) is 18.5 Å². The van der Waals surface area contributed by atoms with Crippen molar-refractivity contribution in [3.8, 4) is 23.0 Å². The lowest BCUT2D eigenvalue weighted by atomic mass is 10.2. The molecule has 33 heavy (non-hydrogen) atoms. The number of aromatic nitrogens is 3. The second kappa shape index (κ2) is 9.43. The zero-order valence-electron chi connectivity index (χ0n) is 17.8. The highest BCUT2D eigenvalue weighted by molar-refractivity contribution is 7.22. The molecule has 1 N–H and O–H groups in total. The molecule has 3 heterocycles. The molecule has 10 nitrogen and oxygen atoms in total. The number of amides is 1. The van der Waals surface area contributed by atoms with E-state index in [2.05, 4.69) is 20.5 Å². The molecule has 1 saturated heterocycles. The van der Waals surface area contributed by atoms with E-state index in [9.17, 15) is 4.79 Å². The summed E-state index contributed by atoms with van der Waals surface area (Å²) < 4.78 is 22.9. The molecule has 5 rings (SSSR count). The SMILES string of the molecule is COc1cccc2sc(Nc3nnc(-c4ccc(OCC(=O)N5CCOCC5)cc4)o3)nc12. The van der Waals surface area contributed by atoms with Gasteiger partial charge < -0.3 is 23.5 Å². The number of carbonyl (C=O) groups excluding carboxylic acids is 1. The molecule has 0 atom stereocenters. The van der Waals surface area contributed by atoms with Gasteiger partial charge in [-0.2, -0.15) is 0 Å². The minimum atomic E-state index is -0.0533. The number of morpholine rings is 1. The molecule has 2 aromatic heterocycles. The van der Waals surface area contributed by atoms with E-state index in [0.717, 1.165) is 15.8 Å². The fourth-order valence-corrected chi connectivity index (χ4v) is 4.24. The summed E-state index contributed by atoms with van der Waals surface area (Å²) in [6.07, 6.45) is 0. The van der Waals surface area contributed by atoms with Crippen molar-refractivity contribution >= 4 is 38.6 Å². The molecule has 0 unspecified atom stereocenters. The van der Waals surface area contributed by atoms with Gasteiger partial charge in [0.2, 0.25) is 5.89 Å². The third-order valence-electron chi connectivity index (χ3n) is 5.07. The van der Waals surface area contributed by atoms with Crippen LogP contribution in [-0.4, -0.2) is 66.0 Å². The number of hydrogen-bond donors (Lipinski definition) is 1. The van der Waals surface area contributed by atoms with Crippen LogP contribution in [0.2, 0.25) is 0 Å². The molecular weight excluding hydrogens is 446 g/mol. The number of thiazole rings is 1. The summed E-state index contributed by atoms with van der Waals surface area (Å²) in [5.74, 6) is 1.59. The molecule has 1 fully saturated rings. The normalized spacial score (nSPS) is 13.8. The van der Waals surface area contributed by atoms with Gasteiger partial charge in [-0.15, -0.1) is 5.10 Å². The molecule has 2 aromatic carbocycles. The lowest BCUT2D eigenvalue weighted by Gasteiger charge is -2.26. The van der Waals surface area contributed by atoms with E-state index in [0.29, 0.717) is 48.8 Å². The number of para-hydroxylation sites is 1. The highest BCUT2D eigenvalue weighted by atomic mass is 32.1. The molecule has 4 aromatic rings. The van der Waals surface area contributed by atoms with Crippen LogP contribution in [0.1, 0.15) is 0 Å². The number of methoxy groups -OCH3 is 1. The Hall–Kier alpha value is -3.70. The maximum absolute atomic E-state index is 12.2. The average molecular weight is 468 g/mol. The number of fused-ring (bicyclic) bond motifs is 1. The van der Waals surface area contributed by atoms with E-state index in [4.69, 9.17) is 18.6 Å². The van der Waals surface area contributed by atoms with E-state index >= 15 is 0 Å². The standard InChI is InChI=1S/C22H21N5O5S/c1-29-16-3-2-4-17-19(16)23-22(33-17)24-21-26-25-20(32-21)14-5-7-15(8-6-14)31-13-18(28)27-9-11-30-12-10-27/h2-8H,9-13H2,1H3,(H,23,24,26). The van der Waals surface area contributed by atoms with Crippen LogP contribution in [0.4, 0.5) is 11.1 Å². The van der Waals surface area contributed by atoms with Crippen LogP contribution in [0.25, 0.3) is 21.7 Å². The Kier molecular flexibility index (Phi) is 6.05. The molecule has 1 aliphatic rings. The molecule has 170 valence electrons. The quantitative estimate of drug-likeness (QED) is 0.437. The van der Waals surface area contributed by atoms with Crippen LogP contribution in [0.15, 0.2) is 46.9 Å². The molecule has 0 bridgehead atoms. The summed E-state index contributed by atoms with van der Waals surface area (Å²) in [5.41, 5.74) is 1.50. The number of carbonyl (C=O) groups is 1. The minimum Gasteiger partial charge on any atom is -0.494 e. The predicted octanol–water partition coefficient (Wildman–Crippen LogP) is 3.34. The summed E-state index contributed by atoms with van der Waals surface area (Å²) >= 11 is 1.46. The van der Waals surface area contributed by atoms with Crippen molar-refractivity contribution in [1.82, 2.24) is 20.1 Å². The smallest absolute Gasteiger partial charge is 0.322 e. The van der Waals surface area contributed by atoms with Crippen LogP contribution in [-0.2, 0) is 9.53 Å². The summed E-state index contributed by atoms with van der Waals surface area (Å²) in [5, 5.41) is 11.8. The van der Waals surface area contributed by atoms with Crippen molar-refractivity contribution in [3.63, 3.8) is 0 Å². The van der Waals surface area contributed by atoms with Gasteiger partial charge in [-0.1, -0.05) is 22.5 Å². The van der Waals surface area contributed by atoms with Crippen molar-refractivity contribution < 1.29 is 23.4 Å². The maximum atomic E-state index is 12.2. The first-order chi connectivity index (χ1) is 16.2. The number of rotatable bonds is 7. The summed E-state index contributed by atoms with van der Waals surface area (Å²) in [6.45, 7) is 2.31. The van der Waals surface area contributed by atoms with E-state index in [1.165, 1.54) is 11.3 Å². The first-order valence-corrected chi connectivity index (χ1v) is 11.1. The summed E-state index contributed by atoms with van der Waals surface area (Å²) in [6, 6.07) is 13.1. The van der Waals surface area contributed by atoms with Crippen molar-refractivity contribution in [1.29, 1.82) is 0 Å². The van der Waals surface area contributed by atoms with Gasteiger partial charge in [0.1, 0.15) is 17.0 Å². The van der Waals surface area contributed by atoms with Gasteiger partial charge in [0.05, 0.1) is 25.0 Å². The van der Waals surface area contributed by atoms with Crippen LogP contribution < -0.4 is 14.8 Å². The number of hydrogen-bond acceptors (Lipinski definition) is 10. The Labute approximate surface area is 193 Å². The number of benzene rings is 2. The van der Waals surface area contributed by atoms with Crippen LogP contribution >= 0.6 is 11.3 Å². The fourth-order valence-electron chi connectivity index (χ4n) is 3.37. The highest BCUT2D eigenvalue weighted by Crippen LogP contribution is 2.33. The lowest BCUT2D eigenvalue weighted by molar-refractivity contribution is -0.137. The van der Waals surface area contributed by atoms with Crippen molar-refractivity contribution in [2.75, 3.05) is 45.3 Å². The molecule has 0 radical (unpaired) electrons. The van der Waals surface area contributed by atoms with E-state index < -0.39 is 0 Å². The Bertz CT molecular complexity index is 1250. The Balaban J connectivity index is 1.21. The zero-order chi connectivity index (χ0) is 22.6. The van der Waals surface area contributed by atoms with Gasteiger partial charge in [0, 0.05) is 18.7 Å². The molecule has 0 spiro atoms. The average Bonchev–Trinajstić information content (AvgIpc) is 3.50. The fraction of sp³-hybridized carbons (Fsp3) is 0.273. The van der Waals surface area contributed by atoms with Crippen LogP contribution in [0.3, 0.4) is 0 Å². The van der Waals surface area contributed by atoms with Gasteiger partial charge in [-0.3, -0.25) is 10.1 Å². The van der Waals surface area contributed by atoms with Gasteiger partial charge in [-0.25, -0.2) is 4.98 Å². The largest absolute Gasteiger partial charge is 0.494 e. The van der Waals surface area contributed by atoms with Gasteiger partial charge in [0.15, 0.2) is 11.7 Å². The number of nitrogens with zero attached hydrogens (tertiary/aromatic N) is 4. The first-order valence-electron chi connectivity index (χ1n) is 10.3. The third kappa shape index (κ3) is 4.73. The molecule has 1 aliphatic heterocycles. The van der Waals surface area contributed by atoms with E-state index in [1.54, 1.807) is 36.3 Å². The molecule has 0 aliphatic carbocycles. The summed E-state index contributed by atoms with van der Waals surface area (Å²) in [4.78, 5) is 18.5. The topological polar surface area (TPSA) is 112 Å². The van der Waals surface area contributed by atoms with Crippen LogP contribution in [0.5, 0.6) is 11.5 Å². The molecule has 11 heteroatoms. The van der Waals surface area contributed by atoms with Crippen molar-refractivity contribution in [2.45, 2.75) is 0 Å². The monoisotopic (exact) mass is 467 g/mol. The Morgan fingerprint density at radius 2 is 1.97 bits per heavy atom. The molecular formula is C22H21N5O5S. The predicted molar refractivity (Wildman–Crippen MR) is 122 cm³/mol. The second-order valence-electron chi connectivity index (χ2n) is 7.17. The molecule has 1 amide bonds. The summed E-state index contributed by atoms with van der Waals surface area (Å²) in [7, 11) is 1.61. The lowest BCUT2D eigenvalue weighted by Crippen LogP contribution is -2.42. The second-order valence-corrected chi connectivity index (χ2v) is 8.20. The Morgan fingerprint density at radius 3 is 2.76 bits per heavy atom. The maximum Gasteiger partial charge on any atom is 0.322 e. The van der Waals surface area contributed by atoms with Crippen LogP contribution in [0, 0.1) is 0 Å². The van der Waals surface area contributed by atoms with Crippen molar-refractivity contribution in [3.05, 3.63) is 42.5 Å². The minimum absolute atomic E-state index is 0.0130. The molecule has 0 saturated carbocycles. The highest BCUT2D eigenvalue weighted by Gasteiger charge is 2.17. The number of anilines is 2. The third-order valence-corrected chi connectivity index (χ3v) is 6.00. The first kappa shape index (κ1) is 21.2. The number of nitrogens with one attached hydrogen (secondary N) is 1. The van der Waals surface area contributed by atoms with Gasteiger partial charge >= 0.3 is 6.01 Å². The van der Waals surface area contributed by atoms with Crippen molar-refractivity contribution in [2.24, 2.45) is 0 Å².